The molecule has 2 aliphatic rings. The zero-order valence-corrected chi connectivity index (χ0v) is 18.7. The van der Waals surface area contributed by atoms with Crippen LogP contribution in [0, 0.1) is 5.92 Å². The first-order valence-corrected chi connectivity index (χ1v) is 11.7. The Hall–Kier alpha value is -1.76. The van der Waals surface area contributed by atoms with Crippen LogP contribution in [-0.2, 0) is 11.2 Å². The molecule has 2 saturated heterocycles. The molecular weight excluding hydrogens is 398 g/mol. The number of likely N-dealkylation sites (tertiary alicyclic amines) is 1. The van der Waals surface area contributed by atoms with E-state index in [9.17, 15) is 0 Å². The summed E-state index contributed by atoms with van der Waals surface area (Å²) in [5.74, 6) is 1.66. The monoisotopic (exact) mass is 431 g/mol. The highest BCUT2D eigenvalue weighted by Crippen LogP contribution is 2.23. The van der Waals surface area contributed by atoms with E-state index < -0.39 is 0 Å². The van der Waals surface area contributed by atoms with Gasteiger partial charge in [-0.1, -0.05) is 11.6 Å². The molecule has 0 aliphatic carbocycles. The maximum absolute atomic E-state index is 6.17. The average molecular weight is 432 g/mol. The van der Waals surface area contributed by atoms with E-state index in [0.717, 1.165) is 68.2 Å². The smallest absolute Gasteiger partial charge is 0.191 e. The fraction of sp³-hybridized carbons (Fsp3) is 0.609. The van der Waals surface area contributed by atoms with Crippen molar-refractivity contribution in [1.82, 2.24) is 20.5 Å². The van der Waals surface area contributed by atoms with Gasteiger partial charge in [-0.15, -0.1) is 0 Å². The van der Waals surface area contributed by atoms with Gasteiger partial charge in [0.1, 0.15) is 0 Å². The summed E-state index contributed by atoms with van der Waals surface area (Å²) >= 11 is 6.17. The SMILES string of the molecule is CCNC(=NCCc1c[nH]c2ccc(Cl)cc12)NC1CCN(CC2CCOC2)CC1. The van der Waals surface area contributed by atoms with Crippen molar-refractivity contribution in [3.63, 3.8) is 0 Å². The third kappa shape index (κ3) is 5.68. The highest BCUT2D eigenvalue weighted by atomic mass is 35.5. The van der Waals surface area contributed by atoms with Crippen LogP contribution in [0.25, 0.3) is 10.9 Å². The molecule has 2 aliphatic heterocycles. The second-order valence-corrected chi connectivity index (χ2v) is 8.90. The van der Waals surface area contributed by atoms with Crippen LogP contribution in [0.5, 0.6) is 0 Å². The molecule has 164 valence electrons. The largest absolute Gasteiger partial charge is 0.381 e. The molecule has 0 bridgehead atoms. The van der Waals surface area contributed by atoms with Crippen molar-refractivity contribution >= 4 is 28.5 Å². The number of benzene rings is 1. The zero-order chi connectivity index (χ0) is 20.8. The summed E-state index contributed by atoms with van der Waals surface area (Å²) in [5.41, 5.74) is 2.38. The third-order valence-electron chi connectivity index (χ3n) is 6.19. The van der Waals surface area contributed by atoms with Gasteiger partial charge in [0.25, 0.3) is 0 Å². The first-order chi connectivity index (χ1) is 14.7. The predicted molar refractivity (Wildman–Crippen MR) is 125 cm³/mol. The lowest BCUT2D eigenvalue weighted by Crippen LogP contribution is -2.49. The number of halogens is 1. The standard InChI is InChI=1S/C23H34ClN5O/c1-2-25-23(26-9-5-18-14-27-22-4-3-19(24)13-21(18)22)28-20-6-10-29(11-7-20)15-17-8-12-30-16-17/h3-4,13-14,17,20,27H,2,5-12,15-16H2,1H3,(H2,25,26,28). The molecule has 6 nitrogen and oxygen atoms in total. The van der Waals surface area contributed by atoms with E-state index in [4.69, 9.17) is 21.3 Å². The summed E-state index contributed by atoms with van der Waals surface area (Å²) in [6.07, 6.45) is 6.51. The van der Waals surface area contributed by atoms with E-state index in [0.29, 0.717) is 6.04 Å². The van der Waals surface area contributed by atoms with E-state index >= 15 is 0 Å². The van der Waals surface area contributed by atoms with Gasteiger partial charge >= 0.3 is 0 Å². The molecule has 0 saturated carbocycles. The number of aromatic amines is 1. The minimum Gasteiger partial charge on any atom is -0.381 e. The Morgan fingerprint density at radius 1 is 1.30 bits per heavy atom. The van der Waals surface area contributed by atoms with Crippen molar-refractivity contribution in [2.24, 2.45) is 10.9 Å². The molecule has 0 radical (unpaired) electrons. The molecule has 1 aromatic heterocycles. The van der Waals surface area contributed by atoms with Gasteiger partial charge in [0.2, 0.25) is 0 Å². The Bertz CT molecular complexity index is 837. The number of aromatic nitrogens is 1. The van der Waals surface area contributed by atoms with Gasteiger partial charge in [-0.05, 0) is 62.3 Å². The van der Waals surface area contributed by atoms with Crippen LogP contribution in [0.3, 0.4) is 0 Å². The van der Waals surface area contributed by atoms with Crippen molar-refractivity contribution in [3.8, 4) is 0 Å². The fourth-order valence-electron chi connectivity index (χ4n) is 4.51. The lowest BCUT2D eigenvalue weighted by atomic mass is 10.0. The van der Waals surface area contributed by atoms with Crippen LogP contribution in [-0.4, -0.2) is 67.8 Å². The number of guanidine groups is 1. The molecular formula is C23H34ClN5O. The molecule has 30 heavy (non-hydrogen) atoms. The van der Waals surface area contributed by atoms with Crippen molar-refractivity contribution in [3.05, 3.63) is 35.0 Å². The number of nitrogens with zero attached hydrogens (tertiary/aromatic N) is 2. The molecule has 3 N–H and O–H groups in total. The van der Waals surface area contributed by atoms with Crippen LogP contribution in [0.2, 0.25) is 5.02 Å². The average Bonchev–Trinajstić information content (AvgIpc) is 3.39. The van der Waals surface area contributed by atoms with E-state index in [1.165, 1.54) is 36.8 Å². The Morgan fingerprint density at radius 3 is 2.93 bits per heavy atom. The molecule has 2 aromatic rings. The topological polar surface area (TPSA) is 64.7 Å². The number of hydrogen-bond acceptors (Lipinski definition) is 3. The first kappa shape index (κ1) is 21.5. The number of ether oxygens (including phenoxy) is 1. The van der Waals surface area contributed by atoms with Gasteiger partial charge in [0.05, 0.1) is 6.61 Å². The number of H-pyrrole nitrogens is 1. The second-order valence-electron chi connectivity index (χ2n) is 8.46. The van der Waals surface area contributed by atoms with Crippen molar-refractivity contribution in [2.45, 2.75) is 38.6 Å². The fourth-order valence-corrected chi connectivity index (χ4v) is 4.68. The van der Waals surface area contributed by atoms with Gasteiger partial charge < -0.3 is 25.3 Å². The first-order valence-electron chi connectivity index (χ1n) is 11.3. The molecule has 2 fully saturated rings. The number of rotatable bonds is 7. The van der Waals surface area contributed by atoms with Gasteiger partial charge in [-0.25, -0.2) is 0 Å². The molecule has 1 atom stereocenters. The van der Waals surface area contributed by atoms with Gasteiger partial charge in [-0.2, -0.15) is 0 Å². The summed E-state index contributed by atoms with van der Waals surface area (Å²) in [6, 6.07) is 6.47. The Balaban J connectivity index is 1.27. The van der Waals surface area contributed by atoms with E-state index in [1.54, 1.807) is 0 Å². The molecule has 3 heterocycles. The summed E-state index contributed by atoms with van der Waals surface area (Å²) in [5, 5.41) is 9.02. The number of nitrogens with one attached hydrogen (secondary N) is 3. The molecule has 1 aromatic carbocycles. The van der Waals surface area contributed by atoms with Crippen LogP contribution in [0.1, 0.15) is 31.7 Å². The highest BCUT2D eigenvalue weighted by Gasteiger charge is 2.24. The highest BCUT2D eigenvalue weighted by molar-refractivity contribution is 6.31. The maximum atomic E-state index is 6.17. The number of piperidine rings is 1. The Labute approximate surface area is 184 Å². The molecule has 1 unspecified atom stereocenters. The van der Waals surface area contributed by atoms with Gasteiger partial charge in [0, 0.05) is 67.5 Å². The number of fused-ring (bicyclic) bond motifs is 1. The second kappa shape index (κ2) is 10.5. The van der Waals surface area contributed by atoms with Crippen LogP contribution in [0.4, 0.5) is 0 Å². The zero-order valence-electron chi connectivity index (χ0n) is 17.9. The van der Waals surface area contributed by atoms with Crippen molar-refractivity contribution < 1.29 is 4.74 Å². The van der Waals surface area contributed by atoms with Gasteiger partial charge in [-0.3, -0.25) is 4.99 Å². The maximum Gasteiger partial charge on any atom is 0.191 e. The van der Waals surface area contributed by atoms with Crippen LogP contribution in [0.15, 0.2) is 29.4 Å². The summed E-state index contributed by atoms with van der Waals surface area (Å²) in [4.78, 5) is 10.8. The molecule has 0 amide bonds. The van der Waals surface area contributed by atoms with E-state index in [1.807, 2.05) is 18.2 Å². The van der Waals surface area contributed by atoms with E-state index in [2.05, 4.69) is 33.6 Å². The number of aliphatic imine (C=N–C) groups is 1. The summed E-state index contributed by atoms with van der Waals surface area (Å²) in [6.45, 7) is 9.12. The Kier molecular flexibility index (Phi) is 7.52. The summed E-state index contributed by atoms with van der Waals surface area (Å²) < 4.78 is 5.52. The Morgan fingerprint density at radius 2 is 2.17 bits per heavy atom. The normalized spacial score (nSPS) is 21.4. The minimum atomic E-state index is 0.491. The predicted octanol–water partition coefficient (Wildman–Crippen LogP) is 3.42. The number of hydrogen-bond donors (Lipinski definition) is 3. The molecule has 0 spiro atoms. The molecule has 4 rings (SSSR count). The lowest BCUT2D eigenvalue weighted by molar-refractivity contribution is 0.150. The quantitative estimate of drug-likeness (QED) is 0.464. The van der Waals surface area contributed by atoms with Crippen LogP contribution < -0.4 is 10.6 Å². The van der Waals surface area contributed by atoms with Crippen molar-refractivity contribution in [1.29, 1.82) is 0 Å². The van der Waals surface area contributed by atoms with E-state index in [-0.39, 0.29) is 0 Å². The minimum absolute atomic E-state index is 0.491. The van der Waals surface area contributed by atoms with Crippen molar-refractivity contribution in [2.75, 3.05) is 45.9 Å². The lowest BCUT2D eigenvalue weighted by Gasteiger charge is -2.34. The third-order valence-corrected chi connectivity index (χ3v) is 6.43. The summed E-state index contributed by atoms with van der Waals surface area (Å²) in [7, 11) is 0. The van der Waals surface area contributed by atoms with Gasteiger partial charge in [0.15, 0.2) is 5.96 Å². The molecule has 7 heteroatoms. The van der Waals surface area contributed by atoms with Crippen LogP contribution >= 0.6 is 11.6 Å².